The van der Waals surface area contributed by atoms with E-state index in [2.05, 4.69) is 10.4 Å². The molecule has 1 aliphatic rings. The summed E-state index contributed by atoms with van der Waals surface area (Å²) in [6.07, 6.45) is 3.35. The Morgan fingerprint density at radius 3 is 2.70 bits per heavy atom. The molecular formula is C12H20N4O3S. The lowest BCUT2D eigenvalue weighted by molar-refractivity contribution is -0.120. The minimum atomic E-state index is -3.37. The van der Waals surface area contributed by atoms with Crippen molar-refractivity contribution in [1.29, 1.82) is 0 Å². The molecule has 0 aromatic carbocycles. The van der Waals surface area contributed by atoms with Crippen molar-refractivity contribution >= 4 is 21.7 Å². The summed E-state index contributed by atoms with van der Waals surface area (Å²) in [5.74, 6) is 0.282. The van der Waals surface area contributed by atoms with E-state index in [-0.39, 0.29) is 5.91 Å². The van der Waals surface area contributed by atoms with E-state index in [1.807, 2.05) is 6.92 Å². The van der Waals surface area contributed by atoms with Crippen LogP contribution >= 0.6 is 0 Å². The molecule has 0 spiro atoms. The standard InChI is InChI=1S/C12H20N4O3S/c1-9-8-11(15(2)14-9)13-12(17)10-6-4-5-7-16(10)20(3,18)19/h8,10H,4-7H2,1-3H3,(H,13,17). The number of aromatic nitrogens is 2. The zero-order chi connectivity index (χ0) is 14.9. The van der Waals surface area contributed by atoms with Gasteiger partial charge in [-0.1, -0.05) is 6.42 Å². The number of aryl methyl sites for hydroxylation is 2. The van der Waals surface area contributed by atoms with E-state index >= 15 is 0 Å². The number of rotatable bonds is 3. The van der Waals surface area contributed by atoms with Gasteiger partial charge < -0.3 is 5.32 Å². The Morgan fingerprint density at radius 1 is 1.45 bits per heavy atom. The van der Waals surface area contributed by atoms with Crippen molar-refractivity contribution < 1.29 is 13.2 Å². The van der Waals surface area contributed by atoms with Gasteiger partial charge in [-0.2, -0.15) is 9.40 Å². The lowest BCUT2D eigenvalue weighted by atomic mass is 10.0. The van der Waals surface area contributed by atoms with Crippen LogP contribution in [0.5, 0.6) is 0 Å². The van der Waals surface area contributed by atoms with E-state index in [1.54, 1.807) is 17.8 Å². The molecule has 0 radical (unpaired) electrons. The Hall–Kier alpha value is -1.41. The monoisotopic (exact) mass is 300 g/mol. The van der Waals surface area contributed by atoms with E-state index in [9.17, 15) is 13.2 Å². The molecule has 20 heavy (non-hydrogen) atoms. The third-order valence-corrected chi connectivity index (χ3v) is 4.72. The number of sulfonamides is 1. The number of anilines is 1. The zero-order valence-electron chi connectivity index (χ0n) is 12.0. The Bertz CT molecular complexity index is 608. The smallest absolute Gasteiger partial charge is 0.243 e. The molecule has 0 bridgehead atoms. The quantitative estimate of drug-likeness (QED) is 0.880. The van der Waals surface area contributed by atoms with Gasteiger partial charge in [-0.05, 0) is 19.8 Å². The molecule has 1 aliphatic heterocycles. The molecule has 2 heterocycles. The van der Waals surface area contributed by atoms with Gasteiger partial charge in [-0.15, -0.1) is 0 Å². The van der Waals surface area contributed by atoms with Crippen molar-refractivity contribution in [3.8, 4) is 0 Å². The molecule has 0 aliphatic carbocycles. The van der Waals surface area contributed by atoms with Crippen LogP contribution in [0.1, 0.15) is 25.0 Å². The maximum atomic E-state index is 12.3. The first-order valence-corrected chi connectivity index (χ1v) is 8.42. The first-order chi connectivity index (χ1) is 9.29. The van der Waals surface area contributed by atoms with Crippen LogP contribution in [0.2, 0.25) is 0 Å². The van der Waals surface area contributed by atoms with Crippen molar-refractivity contribution in [3.63, 3.8) is 0 Å². The fourth-order valence-corrected chi connectivity index (χ4v) is 3.63. The average molecular weight is 300 g/mol. The highest BCUT2D eigenvalue weighted by Gasteiger charge is 2.34. The van der Waals surface area contributed by atoms with Crippen LogP contribution in [0.15, 0.2) is 6.07 Å². The number of carbonyl (C=O) groups excluding carboxylic acids is 1. The number of nitrogens with one attached hydrogen (secondary N) is 1. The molecule has 8 heteroatoms. The molecule has 0 saturated carbocycles. The summed E-state index contributed by atoms with van der Waals surface area (Å²) in [6.45, 7) is 2.24. The fraction of sp³-hybridized carbons (Fsp3) is 0.667. The van der Waals surface area contributed by atoms with Crippen LogP contribution in [0.4, 0.5) is 5.82 Å². The highest BCUT2D eigenvalue weighted by molar-refractivity contribution is 7.88. The highest BCUT2D eigenvalue weighted by atomic mass is 32.2. The molecule has 1 unspecified atom stereocenters. The second-order valence-corrected chi connectivity index (χ2v) is 7.10. The highest BCUT2D eigenvalue weighted by Crippen LogP contribution is 2.21. The van der Waals surface area contributed by atoms with Gasteiger partial charge in [0.2, 0.25) is 15.9 Å². The van der Waals surface area contributed by atoms with Crippen molar-refractivity contribution in [2.45, 2.75) is 32.2 Å². The number of carbonyl (C=O) groups is 1. The van der Waals surface area contributed by atoms with E-state index < -0.39 is 16.1 Å². The second-order valence-electron chi connectivity index (χ2n) is 5.17. The second kappa shape index (κ2) is 5.53. The number of hydrogen-bond acceptors (Lipinski definition) is 4. The summed E-state index contributed by atoms with van der Waals surface area (Å²) in [5.41, 5.74) is 0.798. The third kappa shape index (κ3) is 3.18. The third-order valence-electron chi connectivity index (χ3n) is 3.44. The summed E-state index contributed by atoms with van der Waals surface area (Å²) >= 11 is 0. The first-order valence-electron chi connectivity index (χ1n) is 6.57. The first kappa shape index (κ1) is 15.0. The van der Waals surface area contributed by atoms with Crippen molar-refractivity contribution in [2.75, 3.05) is 18.1 Å². The minimum Gasteiger partial charge on any atom is -0.310 e. The molecule has 2 rings (SSSR count). The van der Waals surface area contributed by atoms with Crippen LogP contribution in [0.25, 0.3) is 0 Å². The topological polar surface area (TPSA) is 84.3 Å². The predicted octanol–water partition coefficient (Wildman–Crippen LogP) is 0.481. The molecule has 1 atom stereocenters. The SMILES string of the molecule is Cc1cc(NC(=O)C2CCCCN2S(C)(=O)=O)n(C)n1. The van der Waals surface area contributed by atoms with Crippen LogP contribution in [0, 0.1) is 6.92 Å². The predicted molar refractivity (Wildman–Crippen MR) is 75.8 cm³/mol. The van der Waals surface area contributed by atoms with Crippen LogP contribution in [-0.2, 0) is 21.9 Å². The van der Waals surface area contributed by atoms with Gasteiger partial charge in [0.05, 0.1) is 11.9 Å². The van der Waals surface area contributed by atoms with Gasteiger partial charge in [0.15, 0.2) is 0 Å². The van der Waals surface area contributed by atoms with Gasteiger partial charge >= 0.3 is 0 Å². The van der Waals surface area contributed by atoms with Gasteiger partial charge in [0.25, 0.3) is 0 Å². The summed E-state index contributed by atoms with van der Waals surface area (Å²) in [7, 11) is -1.63. The van der Waals surface area contributed by atoms with Gasteiger partial charge in [0, 0.05) is 19.7 Å². The summed E-state index contributed by atoms with van der Waals surface area (Å²) in [6, 6.07) is 1.12. The summed E-state index contributed by atoms with van der Waals surface area (Å²) in [5, 5.41) is 6.91. The molecule has 1 saturated heterocycles. The van der Waals surface area contributed by atoms with Crippen molar-refractivity contribution in [1.82, 2.24) is 14.1 Å². The number of nitrogens with zero attached hydrogens (tertiary/aromatic N) is 3. The van der Waals surface area contributed by atoms with Gasteiger partial charge in [-0.25, -0.2) is 8.42 Å². The Balaban J connectivity index is 2.16. The minimum absolute atomic E-state index is 0.293. The Morgan fingerprint density at radius 2 is 2.15 bits per heavy atom. The molecule has 1 N–H and O–H groups in total. The molecule has 1 aromatic rings. The van der Waals surface area contributed by atoms with Crippen LogP contribution in [0.3, 0.4) is 0 Å². The summed E-state index contributed by atoms with van der Waals surface area (Å²) < 4.78 is 26.4. The maximum absolute atomic E-state index is 12.3. The van der Waals surface area contributed by atoms with Crippen molar-refractivity contribution in [3.05, 3.63) is 11.8 Å². The Labute approximate surface area is 119 Å². The van der Waals surface area contributed by atoms with Crippen LogP contribution < -0.4 is 5.32 Å². The molecule has 112 valence electrons. The molecule has 1 aromatic heterocycles. The van der Waals surface area contributed by atoms with Crippen molar-refractivity contribution in [2.24, 2.45) is 7.05 Å². The number of amides is 1. The molecular weight excluding hydrogens is 280 g/mol. The summed E-state index contributed by atoms with van der Waals surface area (Å²) in [4.78, 5) is 12.3. The van der Waals surface area contributed by atoms with E-state index in [0.717, 1.165) is 24.8 Å². The average Bonchev–Trinajstić information content (AvgIpc) is 2.66. The van der Waals surface area contributed by atoms with E-state index in [4.69, 9.17) is 0 Å². The van der Waals surface area contributed by atoms with E-state index in [1.165, 1.54) is 4.31 Å². The number of hydrogen-bond donors (Lipinski definition) is 1. The maximum Gasteiger partial charge on any atom is 0.243 e. The normalized spacial score (nSPS) is 20.9. The zero-order valence-corrected chi connectivity index (χ0v) is 12.8. The van der Waals surface area contributed by atoms with Crippen LogP contribution in [-0.4, -0.2) is 47.3 Å². The van der Waals surface area contributed by atoms with E-state index in [0.29, 0.717) is 18.8 Å². The largest absolute Gasteiger partial charge is 0.310 e. The molecule has 1 fully saturated rings. The van der Waals surface area contributed by atoms with Gasteiger partial charge in [0.1, 0.15) is 11.9 Å². The lowest BCUT2D eigenvalue weighted by Gasteiger charge is -2.32. The lowest BCUT2D eigenvalue weighted by Crippen LogP contribution is -2.49. The number of piperidine rings is 1. The fourth-order valence-electron chi connectivity index (χ4n) is 2.50. The molecule has 7 nitrogen and oxygen atoms in total. The molecule has 1 amide bonds. The van der Waals surface area contributed by atoms with Gasteiger partial charge in [-0.3, -0.25) is 9.48 Å². The Kier molecular flexibility index (Phi) is 4.14.